The first kappa shape index (κ1) is 23.2. The second kappa shape index (κ2) is 9.51. The number of nitrogens with zero attached hydrogens (tertiary/aromatic N) is 3. The highest BCUT2D eigenvalue weighted by Gasteiger charge is 2.29. The van der Waals surface area contributed by atoms with Gasteiger partial charge in [0.2, 0.25) is 5.88 Å². The summed E-state index contributed by atoms with van der Waals surface area (Å²) in [6.07, 6.45) is -2.70. The van der Waals surface area contributed by atoms with E-state index in [0.29, 0.717) is 17.2 Å². The number of ether oxygens (including phenoxy) is 1. The molecule has 4 aromatic rings. The van der Waals surface area contributed by atoms with E-state index in [1.54, 1.807) is 24.3 Å². The van der Waals surface area contributed by atoms with Gasteiger partial charge in [0, 0.05) is 32.6 Å². The zero-order valence-corrected chi connectivity index (χ0v) is 18.6. The van der Waals surface area contributed by atoms with Crippen LogP contribution in [0.4, 0.5) is 18.9 Å². The molecule has 0 aliphatic carbocycles. The minimum atomic E-state index is -4.39. The summed E-state index contributed by atoms with van der Waals surface area (Å²) in [7, 11) is 3.91. The lowest BCUT2D eigenvalue weighted by atomic mass is 10.0. The Hall–Kier alpha value is -3.94. The van der Waals surface area contributed by atoms with Gasteiger partial charge in [-0.25, -0.2) is 9.97 Å². The van der Waals surface area contributed by atoms with Crippen LogP contribution in [-0.4, -0.2) is 29.8 Å². The highest BCUT2D eigenvalue weighted by atomic mass is 19.4. The van der Waals surface area contributed by atoms with Crippen LogP contribution < -0.4 is 9.64 Å². The highest BCUT2D eigenvalue weighted by molar-refractivity contribution is 5.86. The van der Waals surface area contributed by atoms with E-state index in [9.17, 15) is 18.0 Å². The molecular formula is C26H22F3N3O2. The number of Topliss-reactive ketones (excluding diaryl/α,β-unsaturated/α-hetero) is 1. The SMILES string of the molecule is CN(C)c1ccc2c(Oc3ccc(CC(=O)Cc4ccc(C(F)(F)F)cc4)cc3)ncnc2c1. The molecule has 5 nitrogen and oxygen atoms in total. The third-order valence-corrected chi connectivity index (χ3v) is 5.32. The summed E-state index contributed by atoms with van der Waals surface area (Å²) in [6, 6.07) is 17.6. The van der Waals surface area contributed by atoms with Gasteiger partial charge in [-0.1, -0.05) is 24.3 Å². The first-order valence-electron chi connectivity index (χ1n) is 10.6. The average molecular weight is 465 g/mol. The number of fused-ring (bicyclic) bond motifs is 1. The lowest BCUT2D eigenvalue weighted by Crippen LogP contribution is -2.08. The van der Waals surface area contributed by atoms with E-state index in [4.69, 9.17) is 4.74 Å². The zero-order chi connectivity index (χ0) is 24.3. The number of hydrogen-bond donors (Lipinski definition) is 0. The molecule has 0 amide bonds. The smallest absolute Gasteiger partial charge is 0.416 e. The van der Waals surface area contributed by atoms with Gasteiger partial charge in [0.1, 0.15) is 17.9 Å². The van der Waals surface area contributed by atoms with E-state index in [1.807, 2.05) is 37.2 Å². The second-order valence-corrected chi connectivity index (χ2v) is 8.11. The number of halogens is 3. The third-order valence-electron chi connectivity index (χ3n) is 5.32. The summed E-state index contributed by atoms with van der Waals surface area (Å²) in [5, 5.41) is 0.781. The quantitative estimate of drug-likeness (QED) is 0.342. The maximum Gasteiger partial charge on any atom is 0.416 e. The summed E-state index contributed by atoms with van der Waals surface area (Å²) >= 11 is 0. The van der Waals surface area contributed by atoms with Gasteiger partial charge in [0.15, 0.2) is 0 Å². The van der Waals surface area contributed by atoms with Crippen LogP contribution in [0.2, 0.25) is 0 Å². The van der Waals surface area contributed by atoms with Crippen molar-refractivity contribution in [3.63, 3.8) is 0 Å². The van der Waals surface area contributed by atoms with Gasteiger partial charge in [0.05, 0.1) is 16.5 Å². The van der Waals surface area contributed by atoms with Crippen molar-refractivity contribution in [1.82, 2.24) is 9.97 Å². The summed E-state index contributed by atoms with van der Waals surface area (Å²) in [5.74, 6) is 0.906. The molecule has 1 aromatic heterocycles. The summed E-state index contributed by atoms with van der Waals surface area (Å²) in [5.41, 5.74) is 2.39. The zero-order valence-electron chi connectivity index (χ0n) is 18.6. The first-order chi connectivity index (χ1) is 16.2. The second-order valence-electron chi connectivity index (χ2n) is 8.11. The monoisotopic (exact) mass is 465 g/mol. The fraction of sp³-hybridized carbons (Fsp3) is 0.192. The highest BCUT2D eigenvalue weighted by Crippen LogP contribution is 2.30. The van der Waals surface area contributed by atoms with Crippen molar-refractivity contribution >= 4 is 22.4 Å². The lowest BCUT2D eigenvalue weighted by molar-refractivity contribution is -0.137. The summed E-state index contributed by atoms with van der Waals surface area (Å²) in [4.78, 5) is 22.9. The number of carbonyl (C=O) groups excluding carboxylic acids is 1. The Balaban J connectivity index is 1.40. The maximum absolute atomic E-state index is 12.7. The average Bonchev–Trinajstić information content (AvgIpc) is 2.80. The van der Waals surface area contributed by atoms with E-state index in [0.717, 1.165) is 34.3 Å². The van der Waals surface area contributed by atoms with Crippen molar-refractivity contribution in [2.75, 3.05) is 19.0 Å². The molecule has 0 aliphatic rings. The van der Waals surface area contributed by atoms with E-state index in [-0.39, 0.29) is 18.6 Å². The molecule has 0 unspecified atom stereocenters. The number of alkyl halides is 3. The van der Waals surface area contributed by atoms with Gasteiger partial charge in [-0.05, 0) is 53.6 Å². The van der Waals surface area contributed by atoms with E-state index < -0.39 is 11.7 Å². The van der Waals surface area contributed by atoms with Gasteiger partial charge in [-0.15, -0.1) is 0 Å². The van der Waals surface area contributed by atoms with Crippen molar-refractivity contribution in [3.8, 4) is 11.6 Å². The predicted molar refractivity (Wildman–Crippen MR) is 124 cm³/mol. The third kappa shape index (κ3) is 5.51. The Labute approximate surface area is 194 Å². The van der Waals surface area contributed by atoms with Crippen LogP contribution in [0.1, 0.15) is 16.7 Å². The lowest BCUT2D eigenvalue weighted by Gasteiger charge is -2.13. The Morgan fingerprint density at radius 3 is 2.09 bits per heavy atom. The number of carbonyl (C=O) groups is 1. The molecular weight excluding hydrogens is 443 g/mol. The van der Waals surface area contributed by atoms with Crippen molar-refractivity contribution in [3.05, 3.63) is 89.7 Å². The van der Waals surface area contributed by atoms with Gasteiger partial charge >= 0.3 is 6.18 Å². The topological polar surface area (TPSA) is 55.3 Å². The molecule has 174 valence electrons. The van der Waals surface area contributed by atoms with Crippen LogP contribution in [0.15, 0.2) is 73.1 Å². The Bertz CT molecular complexity index is 1300. The van der Waals surface area contributed by atoms with Crippen LogP contribution >= 0.6 is 0 Å². The molecule has 0 fully saturated rings. The van der Waals surface area contributed by atoms with Crippen LogP contribution in [-0.2, 0) is 23.8 Å². The number of ketones is 1. The van der Waals surface area contributed by atoms with Crippen molar-refractivity contribution in [1.29, 1.82) is 0 Å². The number of aromatic nitrogens is 2. The number of benzene rings is 3. The Kier molecular flexibility index (Phi) is 6.49. The van der Waals surface area contributed by atoms with E-state index >= 15 is 0 Å². The number of hydrogen-bond acceptors (Lipinski definition) is 5. The summed E-state index contributed by atoms with van der Waals surface area (Å²) < 4.78 is 44.0. The molecule has 0 N–H and O–H groups in total. The predicted octanol–water partition coefficient (Wildman–Crippen LogP) is 5.86. The molecule has 1 heterocycles. The van der Waals surface area contributed by atoms with E-state index in [1.165, 1.54) is 18.5 Å². The minimum Gasteiger partial charge on any atom is -0.438 e. The van der Waals surface area contributed by atoms with Crippen molar-refractivity contribution < 1.29 is 22.7 Å². The van der Waals surface area contributed by atoms with E-state index in [2.05, 4.69) is 9.97 Å². The minimum absolute atomic E-state index is 0.0677. The molecule has 0 spiro atoms. The molecule has 3 aromatic carbocycles. The van der Waals surface area contributed by atoms with Gasteiger partial charge < -0.3 is 9.64 Å². The fourth-order valence-electron chi connectivity index (χ4n) is 3.50. The molecule has 4 rings (SSSR count). The molecule has 0 saturated carbocycles. The van der Waals surface area contributed by atoms with Gasteiger partial charge in [-0.3, -0.25) is 4.79 Å². The first-order valence-corrected chi connectivity index (χ1v) is 10.6. The standard InChI is InChI=1S/C26H22F3N3O2/c1-32(2)20-9-12-23-24(15-20)30-16-31-25(23)34-22-10-5-18(6-11-22)14-21(33)13-17-3-7-19(8-4-17)26(27,28)29/h3-12,15-16H,13-14H2,1-2H3. The largest absolute Gasteiger partial charge is 0.438 e. The molecule has 0 bridgehead atoms. The van der Waals surface area contributed by atoms with Crippen LogP contribution in [0, 0.1) is 0 Å². The van der Waals surface area contributed by atoms with Gasteiger partial charge in [-0.2, -0.15) is 13.2 Å². The molecule has 8 heteroatoms. The molecule has 0 atom stereocenters. The molecule has 0 saturated heterocycles. The molecule has 0 radical (unpaired) electrons. The van der Waals surface area contributed by atoms with Gasteiger partial charge in [0.25, 0.3) is 0 Å². The Morgan fingerprint density at radius 2 is 1.50 bits per heavy atom. The maximum atomic E-state index is 12.7. The molecule has 0 aliphatic heterocycles. The Morgan fingerprint density at radius 1 is 0.882 bits per heavy atom. The summed E-state index contributed by atoms with van der Waals surface area (Å²) in [6.45, 7) is 0. The van der Waals surface area contributed by atoms with Crippen LogP contribution in [0.5, 0.6) is 11.6 Å². The fourth-order valence-corrected chi connectivity index (χ4v) is 3.50. The number of rotatable bonds is 7. The normalized spacial score (nSPS) is 11.4. The molecule has 34 heavy (non-hydrogen) atoms. The van der Waals surface area contributed by atoms with Crippen LogP contribution in [0.25, 0.3) is 10.9 Å². The number of anilines is 1. The van der Waals surface area contributed by atoms with Crippen LogP contribution in [0.3, 0.4) is 0 Å². The van der Waals surface area contributed by atoms with Crippen molar-refractivity contribution in [2.45, 2.75) is 19.0 Å². The van der Waals surface area contributed by atoms with Crippen molar-refractivity contribution in [2.24, 2.45) is 0 Å².